The number of benzene rings is 1. The van der Waals surface area contributed by atoms with Crippen molar-refractivity contribution in [1.82, 2.24) is 4.98 Å². The summed E-state index contributed by atoms with van der Waals surface area (Å²) in [7, 11) is 0. The monoisotopic (exact) mass is 244 g/mol. The smallest absolute Gasteiger partial charge is 0.257 e. The molecule has 0 atom stereocenters. The summed E-state index contributed by atoms with van der Waals surface area (Å²) in [5.41, 5.74) is 1.54. The third-order valence-corrected chi connectivity index (χ3v) is 2.60. The molecular formula is C14H13FN2O. The SMILES string of the molecule is CCc1ccccc1C(=O)Nc1cccc(F)n1. The highest BCUT2D eigenvalue weighted by Crippen LogP contribution is 2.12. The van der Waals surface area contributed by atoms with Gasteiger partial charge in [-0.15, -0.1) is 0 Å². The lowest BCUT2D eigenvalue weighted by Crippen LogP contribution is -2.15. The van der Waals surface area contributed by atoms with Gasteiger partial charge in [0.15, 0.2) is 0 Å². The van der Waals surface area contributed by atoms with Crippen LogP contribution in [0, 0.1) is 5.95 Å². The number of anilines is 1. The number of nitrogens with one attached hydrogen (secondary N) is 1. The van der Waals surface area contributed by atoms with Gasteiger partial charge in [-0.1, -0.05) is 31.2 Å². The van der Waals surface area contributed by atoms with Crippen LogP contribution >= 0.6 is 0 Å². The Balaban J connectivity index is 2.22. The molecule has 1 amide bonds. The number of amides is 1. The third-order valence-electron chi connectivity index (χ3n) is 2.60. The topological polar surface area (TPSA) is 42.0 Å². The molecule has 0 unspecified atom stereocenters. The van der Waals surface area contributed by atoms with Gasteiger partial charge in [-0.25, -0.2) is 4.98 Å². The molecule has 3 nitrogen and oxygen atoms in total. The van der Waals surface area contributed by atoms with E-state index in [1.54, 1.807) is 18.2 Å². The van der Waals surface area contributed by atoms with Crippen LogP contribution in [0.3, 0.4) is 0 Å². The second kappa shape index (κ2) is 5.40. The molecule has 0 fully saturated rings. The summed E-state index contributed by atoms with van der Waals surface area (Å²) < 4.78 is 12.9. The zero-order valence-corrected chi connectivity index (χ0v) is 9.98. The zero-order valence-electron chi connectivity index (χ0n) is 9.98. The standard InChI is InChI=1S/C14H13FN2O/c1-2-10-6-3-4-7-11(10)14(18)17-13-9-5-8-12(15)16-13/h3-9H,2H2,1H3,(H,16,17,18). The normalized spacial score (nSPS) is 10.1. The van der Waals surface area contributed by atoms with Crippen LogP contribution in [-0.2, 0) is 6.42 Å². The van der Waals surface area contributed by atoms with E-state index in [2.05, 4.69) is 10.3 Å². The van der Waals surface area contributed by atoms with E-state index in [0.29, 0.717) is 5.56 Å². The van der Waals surface area contributed by atoms with Gasteiger partial charge in [0.1, 0.15) is 5.82 Å². The number of hydrogen-bond donors (Lipinski definition) is 1. The van der Waals surface area contributed by atoms with Crippen LogP contribution in [0.2, 0.25) is 0 Å². The van der Waals surface area contributed by atoms with Crippen molar-refractivity contribution < 1.29 is 9.18 Å². The maximum absolute atomic E-state index is 12.9. The van der Waals surface area contributed by atoms with Crippen LogP contribution < -0.4 is 5.32 Å². The Bertz CT molecular complexity index is 569. The summed E-state index contributed by atoms with van der Waals surface area (Å²) in [5, 5.41) is 2.58. The van der Waals surface area contributed by atoms with Gasteiger partial charge in [-0.3, -0.25) is 4.79 Å². The molecule has 0 saturated heterocycles. The molecule has 0 aliphatic heterocycles. The summed E-state index contributed by atoms with van der Waals surface area (Å²) in [6, 6.07) is 11.6. The largest absolute Gasteiger partial charge is 0.306 e. The highest BCUT2D eigenvalue weighted by atomic mass is 19.1. The number of rotatable bonds is 3. The summed E-state index contributed by atoms with van der Waals surface area (Å²) in [5.74, 6) is -0.673. The fraction of sp³-hybridized carbons (Fsp3) is 0.143. The summed E-state index contributed by atoms with van der Waals surface area (Å²) in [6.45, 7) is 1.98. The van der Waals surface area contributed by atoms with Crippen LogP contribution in [0.25, 0.3) is 0 Å². The average molecular weight is 244 g/mol. The van der Waals surface area contributed by atoms with E-state index in [1.165, 1.54) is 12.1 Å². The lowest BCUT2D eigenvalue weighted by atomic mass is 10.0. The predicted octanol–water partition coefficient (Wildman–Crippen LogP) is 3.04. The van der Waals surface area contributed by atoms with E-state index >= 15 is 0 Å². The minimum Gasteiger partial charge on any atom is -0.306 e. The zero-order chi connectivity index (χ0) is 13.0. The molecule has 2 aromatic rings. The van der Waals surface area contributed by atoms with Crippen molar-refractivity contribution in [1.29, 1.82) is 0 Å². The van der Waals surface area contributed by atoms with Crippen molar-refractivity contribution >= 4 is 11.7 Å². The van der Waals surface area contributed by atoms with Gasteiger partial charge in [-0.2, -0.15) is 4.39 Å². The lowest BCUT2D eigenvalue weighted by Gasteiger charge is -2.08. The second-order valence-corrected chi connectivity index (χ2v) is 3.81. The van der Waals surface area contributed by atoms with Crippen LogP contribution in [0.15, 0.2) is 42.5 Å². The lowest BCUT2D eigenvalue weighted by molar-refractivity contribution is 0.102. The van der Waals surface area contributed by atoms with Gasteiger partial charge >= 0.3 is 0 Å². The Hall–Kier alpha value is -2.23. The van der Waals surface area contributed by atoms with Gasteiger partial charge in [-0.05, 0) is 30.2 Å². The molecule has 0 aliphatic carbocycles. The van der Waals surface area contributed by atoms with Crippen molar-refractivity contribution in [2.24, 2.45) is 0 Å². The molecule has 2 rings (SSSR count). The number of aryl methyl sites for hydroxylation is 1. The molecule has 0 bridgehead atoms. The first-order valence-corrected chi connectivity index (χ1v) is 5.72. The molecular weight excluding hydrogens is 231 g/mol. The quantitative estimate of drug-likeness (QED) is 0.843. The van der Waals surface area contributed by atoms with E-state index in [0.717, 1.165) is 12.0 Å². The van der Waals surface area contributed by atoms with Crippen LogP contribution in [0.1, 0.15) is 22.8 Å². The molecule has 1 heterocycles. The van der Waals surface area contributed by atoms with E-state index < -0.39 is 5.95 Å². The van der Waals surface area contributed by atoms with Gasteiger partial charge < -0.3 is 5.32 Å². The number of halogens is 1. The predicted molar refractivity (Wildman–Crippen MR) is 68.0 cm³/mol. The molecule has 0 radical (unpaired) electrons. The van der Waals surface area contributed by atoms with Crippen molar-refractivity contribution in [3.63, 3.8) is 0 Å². The first-order chi connectivity index (χ1) is 8.70. The molecule has 0 aliphatic rings. The highest BCUT2D eigenvalue weighted by Gasteiger charge is 2.10. The molecule has 18 heavy (non-hydrogen) atoms. The first kappa shape index (κ1) is 12.2. The maximum Gasteiger partial charge on any atom is 0.257 e. The Morgan fingerprint density at radius 1 is 1.22 bits per heavy atom. The Morgan fingerprint density at radius 2 is 2.00 bits per heavy atom. The molecule has 92 valence electrons. The van der Waals surface area contributed by atoms with Gasteiger partial charge in [0.25, 0.3) is 5.91 Å². The first-order valence-electron chi connectivity index (χ1n) is 5.72. The second-order valence-electron chi connectivity index (χ2n) is 3.81. The van der Waals surface area contributed by atoms with E-state index in [9.17, 15) is 9.18 Å². The fourth-order valence-corrected chi connectivity index (χ4v) is 1.71. The minimum absolute atomic E-state index is 0.214. The van der Waals surface area contributed by atoms with E-state index in [1.807, 2.05) is 19.1 Å². The molecule has 1 N–H and O–H groups in total. The minimum atomic E-state index is -0.614. The van der Waals surface area contributed by atoms with Crippen molar-refractivity contribution in [2.45, 2.75) is 13.3 Å². The number of aromatic nitrogens is 1. The molecule has 0 spiro atoms. The third kappa shape index (κ3) is 2.71. The van der Waals surface area contributed by atoms with Gasteiger partial charge in [0, 0.05) is 5.56 Å². The van der Waals surface area contributed by atoms with Crippen LogP contribution in [0.5, 0.6) is 0 Å². The van der Waals surface area contributed by atoms with E-state index in [4.69, 9.17) is 0 Å². The Labute approximate surface area is 105 Å². The highest BCUT2D eigenvalue weighted by molar-refractivity contribution is 6.04. The molecule has 1 aromatic heterocycles. The van der Waals surface area contributed by atoms with Gasteiger partial charge in [0.05, 0.1) is 0 Å². The Kier molecular flexibility index (Phi) is 3.67. The maximum atomic E-state index is 12.9. The molecule has 1 aromatic carbocycles. The van der Waals surface area contributed by atoms with Crippen molar-refractivity contribution in [3.05, 3.63) is 59.5 Å². The summed E-state index contributed by atoms with van der Waals surface area (Å²) in [4.78, 5) is 15.6. The summed E-state index contributed by atoms with van der Waals surface area (Å²) in [6.07, 6.45) is 0.764. The number of pyridine rings is 1. The molecule has 0 saturated carbocycles. The number of carbonyl (C=O) groups is 1. The molecule has 4 heteroatoms. The number of carbonyl (C=O) groups excluding carboxylic acids is 1. The average Bonchev–Trinajstić information content (AvgIpc) is 2.38. The summed E-state index contributed by atoms with van der Waals surface area (Å²) >= 11 is 0. The number of hydrogen-bond acceptors (Lipinski definition) is 2. The van der Waals surface area contributed by atoms with Crippen molar-refractivity contribution in [2.75, 3.05) is 5.32 Å². The van der Waals surface area contributed by atoms with Gasteiger partial charge in [0.2, 0.25) is 5.95 Å². The van der Waals surface area contributed by atoms with Crippen LogP contribution in [-0.4, -0.2) is 10.9 Å². The van der Waals surface area contributed by atoms with Crippen LogP contribution in [0.4, 0.5) is 10.2 Å². The number of nitrogens with zero attached hydrogens (tertiary/aromatic N) is 1. The van der Waals surface area contributed by atoms with E-state index in [-0.39, 0.29) is 11.7 Å². The van der Waals surface area contributed by atoms with Crippen molar-refractivity contribution in [3.8, 4) is 0 Å². The fourth-order valence-electron chi connectivity index (χ4n) is 1.71. The Morgan fingerprint density at radius 3 is 2.72 bits per heavy atom.